The van der Waals surface area contributed by atoms with Gasteiger partial charge >= 0.3 is 11.9 Å². The number of rotatable bonds is 34. The molecule has 0 heterocycles. The van der Waals surface area contributed by atoms with E-state index in [1.165, 1.54) is 161 Å². The predicted octanol–water partition coefficient (Wildman–Crippen LogP) is 12.5. The quantitative estimate of drug-likeness (QED) is 0.0458. The number of aliphatic carboxylic acids is 1. The fraction of sp³-hybridized carbons (Fsp3) is 0.895. The van der Waals surface area contributed by atoms with Gasteiger partial charge < -0.3 is 9.84 Å². The highest BCUT2D eigenvalue weighted by Gasteiger charge is 2.21. The lowest BCUT2D eigenvalue weighted by atomic mass is 10.0. The first kappa shape index (κ1) is 40.7. The van der Waals surface area contributed by atoms with Gasteiger partial charge in [-0.25, -0.2) is 0 Å². The van der Waals surface area contributed by atoms with Gasteiger partial charge in [0.05, 0.1) is 18.9 Å². The van der Waals surface area contributed by atoms with E-state index in [2.05, 4.69) is 19.9 Å². The maximum absolute atomic E-state index is 12.5. The number of carbonyl (C=O) groups excluding carboxylic acids is 1. The maximum Gasteiger partial charge on any atom is 0.309 e. The second-order valence-electron chi connectivity index (χ2n) is 12.8. The van der Waals surface area contributed by atoms with E-state index in [-0.39, 0.29) is 12.4 Å². The van der Waals surface area contributed by atoms with Crippen molar-refractivity contribution in [3.8, 4) is 0 Å². The number of ether oxygens (including phenoxy) is 1. The number of carbonyl (C=O) groups is 2. The average molecular weight is 593 g/mol. The zero-order valence-corrected chi connectivity index (χ0v) is 28.3. The Bertz CT molecular complexity index is 600. The predicted molar refractivity (Wildman–Crippen MR) is 181 cm³/mol. The third-order valence-corrected chi connectivity index (χ3v) is 8.56. The third-order valence-electron chi connectivity index (χ3n) is 8.56. The Hall–Kier alpha value is -1.32. The van der Waals surface area contributed by atoms with Crippen molar-refractivity contribution in [2.45, 2.75) is 206 Å². The van der Waals surface area contributed by atoms with E-state index in [0.29, 0.717) is 13.0 Å². The number of hydrogen-bond donors (Lipinski definition) is 1. The van der Waals surface area contributed by atoms with Crippen LogP contribution in [0.15, 0.2) is 12.2 Å². The Balaban J connectivity index is 3.67. The van der Waals surface area contributed by atoms with Crippen molar-refractivity contribution in [3.63, 3.8) is 0 Å². The molecule has 4 heteroatoms. The molecule has 0 saturated carbocycles. The van der Waals surface area contributed by atoms with Crippen LogP contribution in [0.25, 0.3) is 0 Å². The Morgan fingerprint density at radius 2 is 0.881 bits per heavy atom. The average Bonchev–Trinajstić information content (AvgIpc) is 2.98. The lowest BCUT2D eigenvalue weighted by Gasteiger charge is -2.12. The van der Waals surface area contributed by atoms with Gasteiger partial charge in [-0.15, -0.1) is 0 Å². The largest absolute Gasteiger partial charge is 0.481 e. The van der Waals surface area contributed by atoms with Crippen molar-refractivity contribution in [2.75, 3.05) is 6.61 Å². The molecule has 0 aliphatic rings. The zero-order chi connectivity index (χ0) is 30.8. The molecule has 0 fully saturated rings. The van der Waals surface area contributed by atoms with Gasteiger partial charge in [0.25, 0.3) is 0 Å². The van der Waals surface area contributed by atoms with Crippen LogP contribution in [0.4, 0.5) is 0 Å². The van der Waals surface area contributed by atoms with Gasteiger partial charge in [-0.2, -0.15) is 0 Å². The SMILES string of the molecule is CCCCCCCCCCCCCC=CCC(CC(=O)O)C(=O)OCCCCCCCCCCCCCCCCCC. The van der Waals surface area contributed by atoms with E-state index in [0.717, 1.165) is 19.3 Å². The number of hydrogen-bond acceptors (Lipinski definition) is 3. The molecule has 0 amide bonds. The van der Waals surface area contributed by atoms with E-state index < -0.39 is 11.9 Å². The summed E-state index contributed by atoms with van der Waals surface area (Å²) < 4.78 is 5.46. The molecular formula is C38H72O4. The van der Waals surface area contributed by atoms with Gasteiger partial charge in [0.1, 0.15) is 0 Å². The molecule has 0 aliphatic heterocycles. The lowest BCUT2D eigenvalue weighted by Crippen LogP contribution is -2.21. The number of unbranched alkanes of at least 4 members (excludes halogenated alkanes) is 26. The molecule has 0 rings (SSSR count). The van der Waals surface area contributed by atoms with Gasteiger partial charge in [-0.1, -0.05) is 187 Å². The topological polar surface area (TPSA) is 63.6 Å². The van der Waals surface area contributed by atoms with Crippen molar-refractivity contribution >= 4 is 11.9 Å². The number of esters is 1. The van der Waals surface area contributed by atoms with Gasteiger partial charge in [0.15, 0.2) is 0 Å². The Morgan fingerprint density at radius 1 is 0.524 bits per heavy atom. The molecule has 0 radical (unpaired) electrons. The molecule has 4 nitrogen and oxygen atoms in total. The molecule has 42 heavy (non-hydrogen) atoms. The minimum absolute atomic E-state index is 0.152. The molecule has 0 aromatic rings. The minimum Gasteiger partial charge on any atom is -0.481 e. The van der Waals surface area contributed by atoms with Crippen molar-refractivity contribution < 1.29 is 19.4 Å². The highest BCUT2D eigenvalue weighted by molar-refractivity contribution is 5.79. The second kappa shape index (κ2) is 34.2. The van der Waals surface area contributed by atoms with Crippen LogP contribution in [0.5, 0.6) is 0 Å². The summed E-state index contributed by atoms with van der Waals surface area (Å²) in [5.41, 5.74) is 0. The first-order valence-corrected chi connectivity index (χ1v) is 18.6. The molecule has 1 unspecified atom stereocenters. The van der Waals surface area contributed by atoms with Crippen LogP contribution in [0.2, 0.25) is 0 Å². The van der Waals surface area contributed by atoms with Crippen molar-refractivity contribution in [2.24, 2.45) is 5.92 Å². The van der Waals surface area contributed by atoms with Gasteiger partial charge in [0.2, 0.25) is 0 Å². The molecule has 0 aliphatic carbocycles. The highest BCUT2D eigenvalue weighted by atomic mass is 16.5. The van der Waals surface area contributed by atoms with Crippen LogP contribution in [-0.2, 0) is 14.3 Å². The van der Waals surface area contributed by atoms with E-state index in [9.17, 15) is 14.7 Å². The first-order chi connectivity index (χ1) is 20.6. The number of carboxylic acid groups (broad SMARTS) is 1. The van der Waals surface area contributed by atoms with Gasteiger partial charge in [-0.3, -0.25) is 9.59 Å². The number of carboxylic acids is 1. The molecule has 1 N–H and O–H groups in total. The van der Waals surface area contributed by atoms with Crippen LogP contribution >= 0.6 is 0 Å². The van der Waals surface area contributed by atoms with Crippen molar-refractivity contribution in [1.29, 1.82) is 0 Å². The fourth-order valence-electron chi connectivity index (χ4n) is 5.72. The van der Waals surface area contributed by atoms with Crippen molar-refractivity contribution in [3.05, 3.63) is 12.2 Å². The molecule has 0 bridgehead atoms. The minimum atomic E-state index is -0.932. The second-order valence-corrected chi connectivity index (χ2v) is 12.8. The first-order valence-electron chi connectivity index (χ1n) is 18.6. The van der Waals surface area contributed by atoms with Crippen LogP contribution in [-0.4, -0.2) is 23.7 Å². The monoisotopic (exact) mass is 593 g/mol. The van der Waals surface area contributed by atoms with E-state index >= 15 is 0 Å². The smallest absolute Gasteiger partial charge is 0.309 e. The fourth-order valence-corrected chi connectivity index (χ4v) is 5.72. The van der Waals surface area contributed by atoms with Crippen molar-refractivity contribution in [1.82, 2.24) is 0 Å². The van der Waals surface area contributed by atoms with E-state index in [4.69, 9.17) is 4.74 Å². The van der Waals surface area contributed by atoms with E-state index in [1.54, 1.807) is 0 Å². The molecule has 0 spiro atoms. The maximum atomic E-state index is 12.5. The Labute approximate surface area is 262 Å². The van der Waals surface area contributed by atoms with Crippen LogP contribution in [0.3, 0.4) is 0 Å². The standard InChI is InChI=1S/C38H72O4/c1-3-5-7-9-11-13-15-17-19-20-22-24-26-28-30-32-34-42-38(41)36(35-37(39)40)33-31-29-27-25-23-21-18-16-14-12-10-8-6-4-2/h29,31,36H,3-28,30,32-35H2,1-2H3,(H,39,40). The van der Waals surface area contributed by atoms with Crippen LogP contribution in [0.1, 0.15) is 206 Å². The summed E-state index contributed by atoms with van der Waals surface area (Å²) in [4.78, 5) is 23.7. The van der Waals surface area contributed by atoms with Crippen LogP contribution in [0, 0.1) is 5.92 Å². The number of allylic oxidation sites excluding steroid dienone is 2. The molecule has 0 aromatic heterocycles. The summed E-state index contributed by atoms with van der Waals surface area (Å²) in [6, 6.07) is 0. The zero-order valence-electron chi connectivity index (χ0n) is 28.3. The summed E-state index contributed by atoms with van der Waals surface area (Å²) in [6.45, 7) is 4.95. The van der Waals surface area contributed by atoms with Crippen LogP contribution < -0.4 is 0 Å². The van der Waals surface area contributed by atoms with Gasteiger partial charge in [-0.05, 0) is 25.7 Å². The highest BCUT2D eigenvalue weighted by Crippen LogP contribution is 2.16. The molecule has 0 aromatic carbocycles. The normalized spacial score (nSPS) is 12.2. The lowest BCUT2D eigenvalue weighted by molar-refractivity contribution is -0.153. The Morgan fingerprint density at radius 3 is 1.26 bits per heavy atom. The van der Waals surface area contributed by atoms with Gasteiger partial charge in [0, 0.05) is 0 Å². The summed E-state index contributed by atoms with van der Waals surface area (Å²) in [7, 11) is 0. The third kappa shape index (κ3) is 31.6. The summed E-state index contributed by atoms with van der Waals surface area (Å²) >= 11 is 0. The summed E-state index contributed by atoms with van der Waals surface area (Å²) in [6.07, 6.45) is 41.1. The Kier molecular flexibility index (Phi) is 33.1. The summed E-state index contributed by atoms with van der Waals surface area (Å²) in [5.74, 6) is -1.85. The molecule has 1 atom stereocenters. The van der Waals surface area contributed by atoms with E-state index in [1.807, 2.05) is 6.08 Å². The summed E-state index contributed by atoms with van der Waals surface area (Å²) in [5, 5.41) is 9.24. The molecule has 248 valence electrons. The molecular weight excluding hydrogens is 520 g/mol. The molecule has 0 saturated heterocycles.